The maximum atomic E-state index is 12.2. The Morgan fingerprint density at radius 2 is 1.83 bits per heavy atom. The van der Waals surface area contributed by atoms with Crippen LogP contribution < -0.4 is 5.32 Å². The zero-order valence-corrected chi connectivity index (χ0v) is 13.5. The van der Waals surface area contributed by atoms with Gasteiger partial charge in [0.25, 0.3) is 0 Å². The lowest BCUT2D eigenvalue weighted by molar-refractivity contribution is -0.144. The van der Waals surface area contributed by atoms with E-state index in [0.717, 1.165) is 12.0 Å². The number of carboxylic acid groups (broad SMARTS) is 1. The summed E-state index contributed by atoms with van der Waals surface area (Å²) in [5, 5.41) is 11.6. The van der Waals surface area contributed by atoms with Gasteiger partial charge in [-0.2, -0.15) is 0 Å². The fourth-order valence-electron chi connectivity index (χ4n) is 2.10. The number of nitrogens with zero attached hydrogens (tertiary/aromatic N) is 1. The van der Waals surface area contributed by atoms with Crippen molar-refractivity contribution in [3.8, 4) is 0 Å². The second-order valence-corrected chi connectivity index (χ2v) is 5.29. The summed E-state index contributed by atoms with van der Waals surface area (Å²) in [5.74, 6) is -1.55. The standard InChI is InChI=1S/C17H24N2O4/c1-2-11-18-15(20)8-9-16(21)19(13-17(22)23)12-10-14-6-4-3-5-7-14/h3-7H,2,8-13H2,1H3,(H,18,20)(H,22,23). The molecule has 0 saturated heterocycles. The fraction of sp³-hybridized carbons (Fsp3) is 0.471. The third-order valence-corrected chi connectivity index (χ3v) is 3.33. The van der Waals surface area contributed by atoms with Gasteiger partial charge in [-0.05, 0) is 18.4 Å². The molecule has 0 atom stereocenters. The smallest absolute Gasteiger partial charge is 0.323 e. The molecule has 2 N–H and O–H groups in total. The van der Waals surface area contributed by atoms with Crippen molar-refractivity contribution in [3.63, 3.8) is 0 Å². The fourth-order valence-corrected chi connectivity index (χ4v) is 2.10. The molecule has 126 valence electrons. The van der Waals surface area contributed by atoms with E-state index in [4.69, 9.17) is 5.11 Å². The Kier molecular flexibility index (Phi) is 8.42. The number of benzene rings is 1. The molecule has 0 unspecified atom stereocenters. The lowest BCUT2D eigenvalue weighted by atomic mass is 10.1. The molecule has 0 saturated carbocycles. The van der Waals surface area contributed by atoms with Gasteiger partial charge in [-0.1, -0.05) is 37.3 Å². The molecule has 0 radical (unpaired) electrons. The predicted molar refractivity (Wildman–Crippen MR) is 86.9 cm³/mol. The summed E-state index contributed by atoms with van der Waals surface area (Å²) >= 11 is 0. The quantitative estimate of drug-likeness (QED) is 0.683. The summed E-state index contributed by atoms with van der Waals surface area (Å²) < 4.78 is 0. The van der Waals surface area contributed by atoms with Crippen molar-refractivity contribution in [1.29, 1.82) is 0 Å². The number of carbonyl (C=O) groups excluding carboxylic acids is 2. The summed E-state index contributed by atoms with van der Waals surface area (Å²) in [6.45, 7) is 2.51. The van der Waals surface area contributed by atoms with E-state index in [2.05, 4.69) is 5.32 Å². The van der Waals surface area contributed by atoms with Crippen LogP contribution in [0.3, 0.4) is 0 Å². The number of nitrogens with one attached hydrogen (secondary N) is 1. The van der Waals surface area contributed by atoms with Gasteiger partial charge in [0.1, 0.15) is 6.54 Å². The van der Waals surface area contributed by atoms with Crippen LogP contribution in [0.5, 0.6) is 0 Å². The molecule has 0 heterocycles. The topological polar surface area (TPSA) is 86.7 Å². The third-order valence-electron chi connectivity index (χ3n) is 3.33. The van der Waals surface area contributed by atoms with E-state index in [9.17, 15) is 14.4 Å². The normalized spacial score (nSPS) is 10.1. The lowest BCUT2D eigenvalue weighted by Gasteiger charge is -2.20. The molecule has 0 fully saturated rings. The molecular formula is C17H24N2O4. The first kappa shape index (κ1) is 18.7. The van der Waals surface area contributed by atoms with Crippen LogP contribution in [0.2, 0.25) is 0 Å². The van der Waals surface area contributed by atoms with Crippen molar-refractivity contribution in [2.24, 2.45) is 0 Å². The Labute approximate surface area is 136 Å². The van der Waals surface area contributed by atoms with Crippen molar-refractivity contribution >= 4 is 17.8 Å². The predicted octanol–water partition coefficient (Wildman–Crippen LogP) is 1.45. The second-order valence-electron chi connectivity index (χ2n) is 5.29. The monoisotopic (exact) mass is 320 g/mol. The Morgan fingerprint density at radius 3 is 2.43 bits per heavy atom. The lowest BCUT2D eigenvalue weighted by Crippen LogP contribution is -2.38. The summed E-state index contributed by atoms with van der Waals surface area (Å²) in [6.07, 6.45) is 1.53. The maximum absolute atomic E-state index is 12.2. The van der Waals surface area contributed by atoms with Crippen molar-refractivity contribution < 1.29 is 19.5 Å². The number of aliphatic carboxylic acids is 1. The summed E-state index contributed by atoms with van der Waals surface area (Å²) in [5.41, 5.74) is 1.04. The molecule has 1 aromatic carbocycles. The van der Waals surface area contributed by atoms with E-state index >= 15 is 0 Å². The molecule has 6 nitrogen and oxygen atoms in total. The maximum Gasteiger partial charge on any atom is 0.323 e. The van der Waals surface area contributed by atoms with Gasteiger partial charge in [0.05, 0.1) is 0 Å². The number of hydrogen-bond acceptors (Lipinski definition) is 3. The van der Waals surface area contributed by atoms with Gasteiger partial charge < -0.3 is 15.3 Å². The van der Waals surface area contributed by atoms with Gasteiger partial charge in [0.15, 0.2) is 0 Å². The molecule has 1 rings (SSSR count). The molecule has 1 aromatic rings. The van der Waals surface area contributed by atoms with Crippen LogP contribution >= 0.6 is 0 Å². The minimum Gasteiger partial charge on any atom is -0.480 e. The van der Waals surface area contributed by atoms with Gasteiger partial charge in [0.2, 0.25) is 11.8 Å². The molecule has 0 aliphatic heterocycles. The molecule has 0 aliphatic carbocycles. The Hall–Kier alpha value is -2.37. The highest BCUT2D eigenvalue weighted by molar-refractivity contribution is 5.85. The highest BCUT2D eigenvalue weighted by Gasteiger charge is 2.17. The molecule has 0 aliphatic rings. The summed E-state index contributed by atoms with van der Waals surface area (Å²) in [7, 11) is 0. The average Bonchev–Trinajstić information content (AvgIpc) is 2.55. The number of carbonyl (C=O) groups is 3. The number of amides is 2. The van der Waals surface area contributed by atoms with E-state index in [-0.39, 0.29) is 31.2 Å². The SMILES string of the molecule is CCCNC(=O)CCC(=O)N(CCc1ccccc1)CC(=O)O. The third kappa shape index (κ3) is 7.99. The van der Waals surface area contributed by atoms with Crippen LogP contribution in [0.25, 0.3) is 0 Å². The van der Waals surface area contributed by atoms with Crippen LogP contribution in [-0.4, -0.2) is 47.4 Å². The van der Waals surface area contributed by atoms with Gasteiger partial charge in [0, 0.05) is 25.9 Å². The first-order valence-corrected chi connectivity index (χ1v) is 7.83. The molecular weight excluding hydrogens is 296 g/mol. The van der Waals surface area contributed by atoms with Crippen LogP contribution in [-0.2, 0) is 20.8 Å². The van der Waals surface area contributed by atoms with Gasteiger partial charge in [-0.3, -0.25) is 14.4 Å². The van der Waals surface area contributed by atoms with Crippen LogP contribution in [0.15, 0.2) is 30.3 Å². The molecule has 23 heavy (non-hydrogen) atoms. The van der Waals surface area contributed by atoms with E-state index in [1.54, 1.807) is 0 Å². The minimum atomic E-state index is -1.05. The van der Waals surface area contributed by atoms with Crippen molar-refractivity contribution in [2.75, 3.05) is 19.6 Å². The molecule has 6 heteroatoms. The molecule has 2 amide bonds. The number of hydrogen-bond donors (Lipinski definition) is 2. The van der Waals surface area contributed by atoms with Crippen molar-refractivity contribution in [3.05, 3.63) is 35.9 Å². The zero-order chi connectivity index (χ0) is 17.1. The van der Waals surface area contributed by atoms with Crippen LogP contribution in [0.4, 0.5) is 0 Å². The van der Waals surface area contributed by atoms with Gasteiger partial charge in [-0.25, -0.2) is 0 Å². The van der Waals surface area contributed by atoms with E-state index in [0.29, 0.717) is 19.5 Å². The molecule has 0 aromatic heterocycles. The largest absolute Gasteiger partial charge is 0.480 e. The van der Waals surface area contributed by atoms with Crippen molar-refractivity contribution in [2.45, 2.75) is 32.6 Å². The van der Waals surface area contributed by atoms with E-state index in [1.807, 2.05) is 37.3 Å². The van der Waals surface area contributed by atoms with Gasteiger partial charge >= 0.3 is 5.97 Å². The molecule has 0 spiro atoms. The van der Waals surface area contributed by atoms with Gasteiger partial charge in [-0.15, -0.1) is 0 Å². The van der Waals surface area contributed by atoms with Crippen LogP contribution in [0.1, 0.15) is 31.7 Å². The highest BCUT2D eigenvalue weighted by atomic mass is 16.4. The average molecular weight is 320 g/mol. The number of carboxylic acids is 1. The first-order valence-electron chi connectivity index (χ1n) is 7.83. The summed E-state index contributed by atoms with van der Waals surface area (Å²) in [6, 6.07) is 9.56. The Bertz CT molecular complexity index is 517. The van der Waals surface area contributed by atoms with Crippen LogP contribution in [0, 0.1) is 0 Å². The minimum absolute atomic E-state index is 0.0254. The highest BCUT2D eigenvalue weighted by Crippen LogP contribution is 2.04. The second kappa shape index (κ2) is 10.4. The van der Waals surface area contributed by atoms with Crippen molar-refractivity contribution in [1.82, 2.24) is 10.2 Å². The Balaban J connectivity index is 2.50. The van der Waals surface area contributed by atoms with E-state index < -0.39 is 5.97 Å². The number of rotatable bonds is 10. The first-order chi connectivity index (χ1) is 11.0. The zero-order valence-electron chi connectivity index (χ0n) is 13.5. The molecule has 0 bridgehead atoms. The summed E-state index contributed by atoms with van der Waals surface area (Å²) in [4.78, 5) is 35.9. The van der Waals surface area contributed by atoms with E-state index in [1.165, 1.54) is 4.90 Å². The Morgan fingerprint density at radius 1 is 1.13 bits per heavy atom.